The fourth-order valence-corrected chi connectivity index (χ4v) is 3.27. The number of carboxylic acid groups (broad SMARTS) is 1. The van der Waals surface area contributed by atoms with Crippen molar-refractivity contribution in [2.75, 3.05) is 6.54 Å². The third kappa shape index (κ3) is 3.33. The number of carbonyl (C=O) groups is 2. The SMILES string of the molecule is NC(CNC(=O)c1cc2c(-c3ccc4ccccc4c3)cccc2[nH]1)C(=O)O. The highest BCUT2D eigenvalue weighted by Crippen LogP contribution is 2.31. The van der Waals surface area contributed by atoms with Gasteiger partial charge in [-0.1, -0.05) is 48.5 Å². The van der Waals surface area contributed by atoms with Crippen LogP contribution < -0.4 is 11.1 Å². The van der Waals surface area contributed by atoms with Crippen molar-refractivity contribution in [3.05, 3.63) is 72.4 Å². The Morgan fingerprint density at radius 1 is 1.00 bits per heavy atom. The molecule has 28 heavy (non-hydrogen) atoms. The van der Waals surface area contributed by atoms with E-state index >= 15 is 0 Å². The van der Waals surface area contributed by atoms with Crippen molar-refractivity contribution in [3.8, 4) is 11.1 Å². The van der Waals surface area contributed by atoms with Gasteiger partial charge in [-0.3, -0.25) is 9.59 Å². The molecule has 4 aromatic rings. The van der Waals surface area contributed by atoms with E-state index in [4.69, 9.17) is 10.8 Å². The maximum absolute atomic E-state index is 12.4. The average molecular weight is 373 g/mol. The summed E-state index contributed by atoms with van der Waals surface area (Å²) in [5.41, 5.74) is 8.71. The van der Waals surface area contributed by atoms with Crippen LogP contribution in [-0.2, 0) is 4.79 Å². The lowest BCUT2D eigenvalue weighted by molar-refractivity contribution is -0.138. The minimum atomic E-state index is -1.16. The molecule has 0 bridgehead atoms. The van der Waals surface area contributed by atoms with Crippen molar-refractivity contribution >= 4 is 33.6 Å². The standard InChI is InChI=1S/C22H19N3O3/c23-18(22(27)28)12-24-21(26)20-11-17-16(6-3-7-19(17)25-20)15-9-8-13-4-1-2-5-14(13)10-15/h1-11,18,25H,12,23H2,(H,24,26)(H,27,28). The molecule has 1 heterocycles. The number of aromatic amines is 1. The number of fused-ring (bicyclic) bond motifs is 2. The number of nitrogens with two attached hydrogens (primary N) is 1. The number of aliphatic carboxylic acids is 1. The van der Waals surface area contributed by atoms with Crippen molar-refractivity contribution in [3.63, 3.8) is 0 Å². The molecule has 0 saturated carbocycles. The fourth-order valence-electron chi connectivity index (χ4n) is 3.27. The first-order chi connectivity index (χ1) is 13.5. The number of benzene rings is 3. The smallest absolute Gasteiger partial charge is 0.322 e. The van der Waals surface area contributed by atoms with Gasteiger partial charge >= 0.3 is 5.97 Å². The van der Waals surface area contributed by atoms with Crippen molar-refractivity contribution in [2.24, 2.45) is 5.73 Å². The summed E-state index contributed by atoms with van der Waals surface area (Å²) in [4.78, 5) is 26.3. The molecule has 3 aromatic carbocycles. The average Bonchev–Trinajstić information content (AvgIpc) is 3.15. The number of amides is 1. The molecule has 5 N–H and O–H groups in total. The molecule has 6 heteroatoms. The molecule has 0 aliphatic rings. The van der Waals surface area contributed by atoms with E-state index in [0.717, 1.165) is 27.4 Å². The van der Waals surface area contributed by atoms with E-state index < -0.39 is 17.9 Å². The van der Waals surface area contributed by atoms with Crippen molar-refractivity contribution in [2.45, 2.75) is 6.04 Å². The minimum absolute atomic E-state index is 0.138. The van der Waals surface area contributed by atoms with Gasteiger partial charge in [-0.25, -0.2) is 0 Å². The van der Waals surface area contributed by atoms with Gasteiger partial charge in [0, 0.05) is 17.4 Å². The van der Waals surface area contributed by atoms with Crippen molar-refractivity contribution in [1.82, 2.24) is 10.3 Å². The Hall–Kier alpha value is -3.64. The Morgan fingerprint density at radius 2 is 1.79 bits per heavy atom. The Bertz CT molecular complexity index is 1200. The Morgan fingerprint density at radius 3 is 2.57 bits per heavy atom. The highest BCUT2D eigenvalue weighted by Gasteiger charge is 2.16. The zero-order valence-electron chi connectivity index (χ0n) is 15.0. The van der Waals surface area contributed by atoms with Gasteiger partial charge in [0.1, 0.15) is 11.7 Å². The van der Waals surface area contributed by atoms with Crippen LogP contribution in [0.1, 0.15) is 10.5 Å². The van der Waals surface area contributed by atoms with E-state index in [1.54, 1.807) is 6.07 Å². The number of carbonyl (C=O) groups excluding carboxylic acids is 1. The molecular formula is C22H19N3O3. The number of nitrogens with one attached hydrogen (secondary N) is 2. The lowest BCUT2D eigenvalue weighted by atomic mass is 9.98. The summed E-state index contributed by atoms with van der Waals surface area (Å²) in [6.07, 6.45) is 0. The van der Waals surface area contributed by atoms with Gasteiger partial charge in [-0.05, 0) is 40.1 Å². The summed E-state index contributed by atoms with van der Waals surface area (Å²) in [6, 6.07) is 20.9. The van der Waals surface area contributed by atoms with Gasteiger partial charge in [0.05, 0.1) is 0 Å². The van der Waals surface area contributed by atoms with Crippen LogP contribution in [0.5, 0.6) is 0 Å². The molecule has 6 nitrogen and oxygen atoms in total. The molecular weight excluding hydrogens is 354 g/mol. The van der Waals surface area contributed by atoms with E-state index in [1.165, 1.54) is 5.39 Å². The summed E-state index contributed by atoms with van der Waals surface area (Å²) in [6.45, 7) is -0.138. The predicted octanol–water partition coefficient (Wildman–Crippen LogP) is 3.13. The minimum Gasteiger partial charge on any atom is -0.480 e. The molecule has 0 aliphatic carbocycles. The molecule has 1 unspecified atom stereocenters. The van der Waals surface area contributed by atoms with Gasteiger partial charge in [-0.2, -0.15) is 0 Å². The summed E-state index contributed by atoms with van der Waals surface area (Å²) in [5.74, 6) is -1.55. The first-order valence-electron chi connectivity index (χ1n) is 8.90. The maximum atomic E-state index is 12.4. The van der Waals surface area contributed by atoms with Crippen LogP contribution >= 0.6 is 0 Å². The van der Waals surface area contributed by atoms with E-state index in [-0.39, 0.29) is 6.54 Å². The fraction of sp³-hybridized carbons (Fsp3) is 0.0909. The monoisotopic (exact) mass is 373 g/mol. The van der Waals surface area contributed by atoms with Crippen molar-refractivity contribution in [1.29, 1.82) is 0 Å². The predicted molar refractivity (Wildman–Crippen MR) is 109 cm³/mol. The summed E-state index contributed by atoms with van der Waals surface area (Å²) >= 11 is 0. The summed E-state index contributed by atoms with van der Waals surface area (Å²) in [7, 11) is 0. The van der Waals surface area contributed by atoms with Crippen LogP contribution in [0.3, 0.4) is 0 Å². The van der Waals surface area contributed by atoms with Crippen LogP contribution in [0.4, 0.5) is 0 Å². The molecule has 0 fully saturated rings. The Balaban J connectivity index is 1.68. The highest BCUT2D eigenvalue weighted by molar-refractivity contribution is 6.04. The van der Waals surface area contributed by atoms with E-state index in [1.807, 2.05) is 30.3 Å². The van der Waals surface area contributed by atoms with E-state index in [0.29, 0.717) is 5.69 Å². The number of hydrogen-bond donors (Lipinski definition) is 4. The molecule has 0 saturated heterocycles. The number of rotatable bonds is 5. The highest BCUT2D eigenvalue weighted by atomic mass is 16.4. The summed E-state index contributed by atoms with van der Waals surface area (Å²) < 4.78 is 0. The van der Waals surface area contributed by atoms with E-state index in [9.17, 15) is 9.59 Å². The van der Waals surface area contributed by atoms with Gasteiger partial charge in [0.15, 0.2) is 0 Å². The normalized spacial score (nSPS) is 12.2. The number of hydrogen-bond acceptors (Lipinski definition) is 3. The third-order valence-electron chi connectivity index (χ3n) is 4.77. The van der Waals surface area contributed by atoms with Crippen LogP contribution in [0.2, 0.25) is 0 Å². The van der Waals surface area contributed by atoms with Gasteiger partial charge in [0.25, 0.3) is 5.91 Å². The maximum Gasteiger partial charge on any atom is 0.322 e. The molecule has 140 valence electrons. The molecule has 4 rings (SSSR count). The molecule has 1 aromatic heterocycles. The van der Waals surface area contributed by atoms with Crippen LogP contribution in [0.15, 0.2) is 66.7 Å². The third-order valence-corrected chi connectivity index (χ3v) is 4.77. The van der Waals surface area contributed by atoms with E-state index in [2.05, 4.69) is 40.6 Å². The zero-order chi connectivity index (χ0) is 19.7. The van der Waals surface area contributed by atoms with Gasteiger partial charge in [-0.15, -0.1) is 0 Å². The number of H-pyrrole nitrogens is 1. The molecule has 0 aliphatic heterocycles. The second kappa shape index (κ2) is 7.17. The van der Waals surface area contributed by atoms with Crippen LogP contribution in [0.25, 0.3) is 32.8 Å². The van der Waals surface area contributed by atoms with Crippen LogP contribution in [-0.4, -0.2) is 34.6 Å². The first kappa shape index (κ1) is 17.8. The number of aromatic nitrogens is 1. The topological polar surface area (TPSA) is 108 Å². The quantitative estimate of drug-likeness (QED) is 0.431. The summed E-state index contributed by atoms with van der Waals surface area (Å²) in [5, 5.41) is 14.6. The molecule has 1 amide bonds. The molecule has 0 spiro atoms. The number of carboxylic acids is 1. The largest absolute Gasteiger partial charge is 0.480 e. The zero-order valence-corrected chi connectivity index (χ0v) is 15.0. The van der Waals surface area contributed by atoms with Crippen LogP contribution in [0, 0.1) is 0 Å². The van der Waals surface area contributed by atoms with Gasteiger partial charge in [0.2, 0.25) is 0 Å². The lowest BCUT2D eigenvalue weighted by Crippen LogP contribution is -2.42. The Labute approximate surface area is 161 Å². The Kier molecular flexibility index (Phi) is 4.55. The van der Waals surface area contributed by atoms with Crippen molar-refractivity contribution < 1.29 is 14.7 Å². The molecule has 1 atom stereocenters. The molecule has 0 radical (unpaired) electrons. The second-order valence-electron chi connectivity index (χ2n) is 6.67. The second-order valence-corrected chi connectivity index (χ2v) is 6.67. The van der Waals surface area contributed by atoms with Gasteiger partial charge < -0.3 is 21.1 Å². The first-order valence-corrected chi connectivity index (χ1v) is 8.90. The lowest BCUT2D eigenvalue weighted by Gasteiger charge is -2.07.